The third-order valence-electron chi connectivity index (χ3n) is 4.61. The Bertz CT molecular complexity index is 1220. The zero-order chi connectivity index (χ0) is 21.6. The fraction of sp³-hybridized carbons (Fsp3) is 0. The number of nitrogens with one attached hydrogen (secondary N) is 1. The summed E-state index contributed by atoms with van der Waals surface area (Å²) in [7, 11) is 0. The van der Waals surface area contributed by atoms with E-state index < -0.39 is 0 Å². The van der Waals surface area contributed by atoms with Gasteiger partial charge in [-0.05, 0) is 77.2 Å². The number of carbonyl (C=O) groups excluding carboxylic acids is 1. The normalized spacial score (nSPS) is 11.2. The van der Waals surface area contributed by atoms with Gasteiger partial charge in [0.2, 0.25) is 0 Å². The maximum atomic E-state index is 12.7. The Hall–Kier alpha value is -3.52. The number of carbonyl (C=O) groups is 1. The summed E-state index contributed by atoms with van der Waals surface area (Å²) in [4.78, 5) is 21.5. The zero-order valence-electron chi connectivity index (χ0n) is 16.5. The van der Waals surface area contributed by atoms with Gasteiger partial charge in [0.05, 0.1) is 11.4 Å². The lowest BCUT2D eigenvalue weighted by atomic mass is 10.1. The molecule has 0 saturated carbocycles. The number of hydrogen-bond donors (Lipinski definition) is 2. The van der Waals surface area contributed by atoms with Crippen molar-refractivity contribution in [3.05, 3.63) is 112 Å². The molecule has 3 N–H and O–H groups in total. The second-order valence-corrected chi connectivity index (χ2v) is 7.94. The second-order valence-electron chi connectivity index (χ2n) is 6.77. The van der Waals surface area contributed by atoms with Gasteiger partial charge >= 0.3 is 0 Å². The lowest BCUT2D eigenvalue weighted by molar-refractivity contribution is 0.102. The number of halogens is 1. The first-order chi connectivity index (χ1) is 15.1. The molecule has 0 atom stereocenters. The largest absolute Gasteiger partial charge is 0.383 e. The first-order valence-electron chi connectivity index (χ1n) is 9.62. The number of amides is 1. The van der Waals surface area contributed by atoms with Crippen LogP contribution in [0, 0.1) is 3.57 Å². The van der Waals surface area contributed by atoms with Gasteiger partial charge in [-0.15, -0.1) is 0 Å². The number of pyridine rings is 1. The first kappa shape index (κ1) is 20.7. The quantitative estimate of drug-likeness (QED) is 0.204. The zero-order valence-corrected chi connectivity index (χ0v) is 18.7. The molecule has 0 unspecified atom stereocenters. The van der Waals surface area contributed by atoms with Crippen LogP contribution in [0.3, 0.4) is 0 Å². The summed E-state index contributed by atoms with van der Waals surface area (Å²) in [6.07, 6.45) is 1.75. The summed E-state index contributed by atoms with van der Waals surface area (Å²) in [5.41, 5.74) is 10.7. The maximum Gasteiger partial charge on any atom is 0.255 e. The van der Waals surface area contributed by atoms with Gasteiger partial charge in [0.15, 0.2) is 0 Å². The van der Waals surface area contributed by atoms with Crippen LogP contribution in [0.1, 0.15) is 15.9 Å². The average Bonchev–Trinajstić information content (AvgIpc) is 2.81. The van der Waals surface area contributed by atoms with Crippen molar-refractivity contribution in [1.29, 1.82) is 0 Å². The number of hydrogen-bond acceptors (Lipinski definition) is 3. The van der Waals surface area contributed by atoms with Gasteiger partial charge in [-0.3, -0.25) is 9.78 Å². The van der Waals surface area contributed by atoms with Crippen LogP contribution >= 0.6 is 22.6 Å². The van der Waals surface area contributed by atoms with Crippen LogP contribution in [-0.2, 0) is 0 Å². The minimum atomic E-state index is -0.196. The summed E-state index contributed by atoms with van der Waals surface area (Å²) in [6, 6.07) is 28.1. The van der Waals surface area contributed by atoms with Crippen LogP contribution in [0.2, 0.25) is 0 Å². The monoisotopic (exact) mass is 518 g/mol. The number of nitrogens with two attached hydrogens (primary N) is 1. The van der Waals surface area contributed by atoms with Gasteiger partial charge in [-0.2, -0.15) is 0 Å². The first-order valence-corrected chi connectivity index (χ1v) is 10.7. The van der Waals surface area contributed by atoms with Gasteiger partial charge in [0, 0.05) is 32.1 Å². The predicted octanol–water partition coefficient (Wildman–Crippen LogP) is 5.64. The molecular formula is C25H19IN4O. The number of benzene rings is 3. The highest BCUT2D eigenvalue weighted by atomic mass is 127. The fourth-order valence-electron chi connectivity index (χ4n) is 3.02. The molecule has 0 fully saturated rings. The Labute approximate surface area is 194 Å². The fourth-order valence-corrected chi connectivity index (χ4v) is 3.64. The van der Waals surface area contributed by atoms with Crippen molar-refractivity contribution < 1.29 is 4.79 Å². The molecule has 1 heterocycles. The summed E-state index contributed by atoms with van der Waals surface area (Å²) in [5.74, 6) is 0.203. The van der Waals surface area contributed by atoms with E-state index in [1.165, 1.54) is 0 Å². The molecule has 0 aliphatic heterocycles. The maximum absolute atomic E-state index is 12.7. The number of nitrogens with zero attached hydrogens (tertiary/aromatic N) is 2. The second kappa shape index (κ2) is 9.53. The van der Waals surface area contributed by atoms with Gasteiger partial charge in [0.1, 0.15) is 5.84 Å². The molecule has 6 heteroatoms. The highest BCUT2D eigenvalue weighted by Crippen LogP contribution is 2.27. The SMILES string of the molecule is NC(=Nc1ccccc1)c1ccc(C(=O)Nc2ccc(I)c(-c3ccccn3)c2)cc1. The number of anilines is 1. The Morgan fingerprint density at radius 2 is 1.58 bits per heavy atom. The number of amidine groups is 1. The molecule has 152 valence electrons. The van der Waals surface area contributed by atoms with E-state index in [2.05, 4.69) is 37.9 Å². The van der Waals surface area contributed by atoms with Crippen LogP contribution in [0.15, 0.2) is 102 Å². The Morgan fingerprint density at radius 3 is 2.29 bits per heavy atom. The highest BCUT2D eigenvalue weighted by Gasteiger charge is 2.10. The molecule has 1 amide bonds. The highest BCUT2D eigenvalue weighted by molar-refractivity contribution is 14.1. The van der Waals surface area contributed by atoms with Crippen molar-refractivity contribution in [1.82, 2.24) is 4.98 Å². The molecule has 0 radical (unpaired) electrons. The van der Waals surface area contributed by atoms with Crippen molar-refractivity contribution in [3.8, 4) is 11.3 Å². The lowest BCUT2D eigenvalue weighted by Crippen LogP contribution is -2.15. The number of aromatic nitrogens is 1. The molecule has 1 aromatic heterocycles. The molecule has 0 spiro atoms. The summed E-state index contributed by atoms with van der Waals surface area (Å²) >= 11 is 2.27. The summed E-state index contributed by atoms with van der Waals surface area (Å²) < 4.78 is 1.06. The summed E-state index contributed by atoms with van der Waals surface area (Å²) in [5, 5.41) is 2.95. The molecule has 3 aromatic carbocycles. The summed E-state index contributed by atoms with van der Waals surface area (Å²) in [6.45, 7) is 0. The third kappa shape index (κ3) is 5.16. The molecule has 4 aromatic rings. The minimum Gasteiger partial charge on any atom is -0.383 e. The van der Waals surface area contributed by atoms with Gasteiger partial charge in [0.25, 0.3) is 5.91 Å². The molecular weight excluding hydrogens is 499 g/mol. The van der Waals surface area contributed by atoms with Crippen molar-refractivity contribution in [3.63, 3.8) is 0 Å². The molecule has 4 rings (SSSR count). The van der Waals surface area contributed by atoms with Crippen LogP contribution in [-0.4, -0.2) is 16.7 Å². The van der Waals surface area contributed by atoms with Crippen molar-refractivity contribution >= 4 is 45.7 Å². The standard InChI is InChI=1S/C25H19IN4O/c26-22-14-13-20(16-21(22)23-8-4-5-15-28-23)30-25(31)18-11-9-17(10-12-18)24(27)29-19-6-2-1-3-7-19/h1-16H,(H2,27,29)(H,30,31). The van der Waals surface area contributed by atoms with E-state index >= 15 is 0 Å². The lowest BCUT2D eigenvalue weighted by Gasteiger charge is -2.10. The molecule has 0 bridgehead atoms. The topological polar surface area (TPSA) is 80.4 Å². The van der Waals surface area contributed by atoms with E-state index in [4.69, 9.17) is 5.73 Å². The van der Waals surface area contributed by atoms with Crippen LogP contribution in [0.5, 0.6) is 0 Å². The molecule has 5 nitrogen and oxygen atoms in total. The van der Waals surface area contributed by atoms with E-state index in [9.17, 15) is 4.79 Å². The van der Waals surface area contributed by atoms with E-state index in [-0.39, 0.29) is 5.91 Å². The van der Waals surface area contributed by atoms with Gasteiger partial charge < -0.3 is 11.1 Å². The molecule has 0 aliphatic rings. The van der Waals surface area contributed by atoms with Gasteiger partial charge in [-0.1, -0.05) is 36.4 Å². The molecule has 0 aliphatic carbocycles. The molecule has 31 heavy (non-hydrogen) atoms. The Kier molecular flexibility index (Phi) is 6.37. The van der Waals surface area contributed by atoms with E-state index in [1.807, 2.05) is 66.7 Å². The van der Waals surface area contributed by atoms with Crippen molar-refractivity contribution in [2.45, 2.75) is 0 Å². The van der Waals surface area contributed by atoms with E-state index in [0.717, 1.165) is 26.1 Å². The van der Waals surface area contributed by atoms with Crippen LogP contribution < -0.4 is 11.1 Å². The van der Waals surface area contributed by atoms with Crippen LogP contribution in [0.4, 0.5) is 11.4 Å². The van der Waals surface area contributed by atoms with Gasteiger partial charge in [-0.25, -0.2) is 4.99 Å². The third-order valence-corrected chi connectivity index (χ3v) is 5.55. The van der Waals surface area contributed by atoms with Crippen molar-refractivity contribution in [2.75, 3.05) is 5.32 Å². The number of rotatable bonds is 5. The number of para-hydroxylation sites is 1. The van der Waals surface area contributed by atoms with Crippen LogP contribution in [0.25, 0.3) is 11.3 Å². The van der Waals surface area contributed by atoms with E-state index in [0.29, 0.717) is 17.1 Å². The van der Waals surface area contributed by atoms with E-state index in [1.54, 1.807) is 30.5 Å². The average molecular weight is 518 g/mol. The molecule has 0 saturated heterocycles. The smallest absolute Gasteiger partial charge is 0.255 e. The Balaban J connectivity index is 1.50. The Morgan fingerprint density at radius 1 is 0.871 bits per heavy atom. The van der Waals surface area contributed by atoms with Crippen molar-refractivity contribution in [2.24, 2.45) is 10.7 Å². The predicted molar refractivity (Wildman–Crippen MR) is 134 cm³/mol. The minimum absolute atomic E-state index is 0.196. The number of aliphatic imine (C=N–C) groups is 1.